The van der Waals surface area contributed by atoms with Gasteiger partial charge in [-0.15, -0.1) is 0 Å². The maximum absolute atomic E-state index is 9.68. The third kappa shape index (κ3) is 10.4. The van der Waals surface area contributed by atoms with Crippen molar-refractivity contribution in [2.24, 2.45) is 11.8 Å². The molecule has 0 heterocycles. The van der Waals surface area contributed by atoms with E-state index in [9.17, 15) is 5.11 Å². The van der Waals surface area contributed by atoms with Crippen molar-refractivity contribution >= 4 is 8.32 Å². The van der Waals surface area contributed by atoms with Crippen LogP contribution in [0.5, 0.6) is 5.75 Å². The fraction of sp³-hybridized carbons (Fsp3) is 0.613. The SMILES string of the molecule is COc1ccc(COC[C@@H](O[Si](C)(C)C(C)(C)C)[C@H](C)[C@H](OCOCc2ccccc2)[C@H](C)CCO)cc1. The molecule has 0 radical (unpaired) electrons. The Morgan fingerprint density at radius 1 is 0.868 bits per heavy atom. The van der Waals surface area contributed by atoms with Crippen molar-refractivity contribution in [1.29, 1.82) is 0 Å². The van der Waals surface area contributed by atoms with E-state index in [-0.39, 0.29) is 42.5 Å². The number of benzene rings is 2. The van der Waals surface area contributed by atoms with Crippen molar-refractivity contribution in [1.82, 2.24) is 0 Å². The number of hydrogen-bond acceptors (Lipinski definition) is 6. The van der Waals surface area contributed by atoms with Crippen molar-refractivity contribution in [3.05, 3.63) is 65.7 Å². The van der Waals surface area contributed by atoms with Gasteiger partial charge in [-0.2, -0.15) is 0 Å². The molecule has 0 aliphatic carbocycles. The molecule has 0 amide bonds. The molecular formula is C31H50O6Si. The fourth-order valence-electron chi connectivity index (χ4n) is 4.14. The van der Waals surface area contributed by atoms with E-state index in [0.29, 0.717) is 26.2 Å². The smallest absolute Gasteiger partial charge is 0.192 e. The molecule has 0 saturated heterocycles. The van der Waals surface area contributed by atoms with Crippen LogP contribution < -0.4 is 4.74 Å². The van der Waals surface area contributed by atoms with Crippen LogP contribution in [0.1, 0.15) is 52.2 Å². The molecule has 0 fully saturated rings. The number of aliphatic hydroxyl groups is 1. The summed E-state index contributed by atoms with van der Waals surface area (Å²) in [5.74, 6) is 0.984. The van der Waals surface area contributed by atoms with Crippen molar-refractivity contribution in [2.75, 3.05) is 27.1 Å². The molecule has 0 aliphatic rings. The lowest BCUT2D eigenvalue weighted by molar-refractivity contribution is -0.145. The Balaban J connectivity index is 2.12. The average molecular weight is 547 g/mol. The Morgan fingerprint density at radius 2 is 1.47 bits per heavy atom. The molecule has 0 saturated carbocycles. The van der Waals surface area contributed by atoms with E-state index in [1.54, 1.807) is 7.11 Å². The molecule has 0 aromatic heterocycles. The van der Waals surface area contributed by atoms with Crippen molar-refractivity contribution in [3.8, 4) is 5.75 Å². The van der Waals surface area contributed by atoms with Crippen LogP contribution in [-0.4, -0.2) is 52.7 Å². The van der Waals surface area contributed by atoms with Gasteiger partial charge in [-0.05, 0) is 53.7 Å². The molecule has 0 bridgehead atoms. The van der Waals surface area contributed by atoms with Gasteiger partial charge in [-0.1, -0.05) is 77.1 Å². The van der Waals surface area contributed by atoms with Gasteiger partial charge >= 0.3 is 0 Å². The molecule has 0 unspecified atom stereocenters. The maximum Gasteiger partial charge on any atom is 0.192 e. The van der Waals surface area contributed by atoms with Gasteiger partial charge in [-0.25, -0.2) is 0 Å². The molecule has 38 heavy (non-hydrogen) atoms. The van der Waals surface area contributed by atoms with Crippen LogP contribution in [-0.2, 0) is 31.9 Å². The minimum Gasteiger partial charge on any atom is -0.497 e. The first-order chi connectivity index (χ1) is 18.0. The zero-order valence-corrected chi connectivity index (χ0v) is 25.7. The molecule has 214 valence electrons. The van der Waals surface area contributed by atoms with E-state index in [0.717, 1.165) is 16.9 Å². The lowest BCUT2D eigenvalue weighted by Gasteiger charge is -2.43. The Labute approximate surface area is 231 Å². The minimum atomic E-state index is -2.09. The number of aliphatic hydroxyl groups excluding tert-OH is 1. The third-order valence-corrected chi connectivity index (χ3v) is 12.2. The predicted molar refractivity (Wildman–Crippen MR) is 156 cm³/mol. The molecule has 1 N–H and O–H groups in total. The summed E-state index contributed by atoms with van der Waals surface area (Å²) in [4.78, 5) is 0. The summed E-state index contributed by atoms with van der Waals surface area (Å²) >= 11 is 0. The summed E-state index contributed by atoms with van der Waals surface area (Å²) in [7, 11) is -0.421. The van der Waals surface area contributed by atoms with E-state index in [4.69, 9.17) is 23.4 Å². The second-order valence-electron chi connectivity index (χ2n) is 11.7. The molecule has 4 atom stereocenters. The highest BCUT2D eigenvalue weighted by molar-refractivity contribution is 6.74. The number of hydrogen-bond donors (Lipinski definition) is 1. The van der Waals surface area contributed by atoms with Gasteiger partial charge in [0.25, 0.3) is 0 Å². The maximum atomic E-state index is 9.68. The Morgan fingerprint density at radius 3 is 2.05 bits per heavy atom. The second kappa shape index (κ2) is 15.7. The van der Waals surface area contributed by atoms with Crippen LogP contribution in [0, 0.1) is 11.8 Å². The van der Waals surface area contributed by atoms with Gasteiger partial charge < -0.3 is 28.5 Å². The molecule has 7 heteroatoms. The fourth-order valence-corrected chi connectivity index (χ4v) is 5.53. The van der Waals surface area contributed by atoms with E-state index in [1.807, 2.05) is 54.6 Å². The highest BCUT2D eigenvalue weighted by Crippen LogP contribution is 2.39. The van der Waals surface area contributed by atoms with Gasteiger partial charge in [0, 0.05) is 12.5 Å². The van der Waals surface area contributed by atoms with Gasteiger partial charge in [0.2, 0.25) is 0 Å². The number of methoxy groups -OCH3 is 1. The highest BCUT2D eigenvalue weighted by atomic mass is 28.4. The summed E-state index contributed by atoms with van der Waals surface area (Å²) in [6, 6.07) is 18.0. The molecule has 2 aromatic carbocycles. The predicted octanol–water partition coefficient (Wildman–Crippen LogP) is 6.82. The van der Waals surface area contributed by atoms with Crippen LogP contribution in [0.2, 0.25) is 18.1 Å². The van der Waals surface area contributed by atoms with Crippen LogP contribution >= 0.6 is 0 Å². The summed E-state index contributed by atoms with van der Waals surface area (Å²) in [6.45, 7) is 17.3. The average Bonchev–Trinajstić information content (AvgIpc) is 2.88. The van der Waals surface area contributed by atoms with E-state index in [2.05, 4.69) is 47.7 Å². The van der Waals surface area contributed by atoms with Gasteiger partial charge in [0.1, 0.15) is 12.5 Å². The van der Waals surface area contributed by atoms with Crippen LogP contribution in [0.4, 0.5) is 0 Å². The molecule has 0 aliphatic heterocycles. The topological polar surface area (TPSA) is 66.4 Å². The summed E-state index contributed by atoms with van der Waals surface area (Å²) in [5, 5.41) is 9.74. The first kappa shape index (κ1) is 32.5. The minimum absolute atomic E-state index is 0.0295. The summed E-state index contributed by atoms with van der Waals surface area (Å²) < 4.78 is 30.6. The molecule has 2 rings (SSSR count). The van der Waals surface area contributed by atoms with Crippen molar-refractivity contribution < 1.29 is 28.5 Å². The first-order valence-corrected chi connectivity index (χ1v) is 16.6. The standard InChI is InChI=1S/C31H50O6Si/c1-24(18-19-32)30(36-23-35-21-26-12-10-9-11-13-26)25(2)29(37-38(7,8)31(3,4)5)22-34-20-27-14-16-28(33-6)17-15-27/h9-17,24-25,29-30,32H,18-23H2,1-8H3/t24-,25+,29-,30-/m1/s1. The normalized spacial score (nSPS) is 15.6. The van der Waals surface area contributed by atoms with Crippen molar-refractivity contribution in [2.45, 2.75) is 84.6 Å². The number of ether oxygens (including phenoxy) is 4. The summed E-state index contributed by atoms with van der Waals surface area (Å²) in [6.07, 6.45) is 0.333. The Kier molecular flexibility index (Phi) is 13.5. The van der Waals surface area contributed by atoms with Crippen molar-refractivity contribution in [3.63, 3.8) is 0 Å². The molecule has 6 nitrogen and oxygen atoms in total. The lowest BCUT2D eigenvalue weighted by Crippen LogP contribution is -2.50. The Bertz CT molecular complexity index is 897. The monoisotopic (exact) mass is 546 g/mol. The van der Waals surface area contributed by atoms with Crippen LogP contribution in [0.3, 0.4) is 0 Å². The van der Waals surface area contributed by atoms with Gasteiger partial charge in [0.05, 0.1) is 39.1 Å². The third-order valence-electron chi connectivity index (χ3n) is 7.67. The van der Waals surface area contributed by atoms with Gasteiger partial charge in [-0.3, -0.25) is 0 Å². The molecular weight excluding hydrogens is 496 g/mol. The Hall–Kier alpha value is -1.74. The van der Waals surface area contributed by atoms with Crippen LogP contribution in [0.15, 0.2) is 54.6 Å². The molecule has 0 spiro atoms. The van der Waals surface area contributed by atoms with E-state index >= 15 is 0 Å². The zero-order valence-electron chi connectivity index (χ0n) is 24.7. The van der Waals surface area contributed by atoms with E-state index in [1.165, 1.54) is 0 Å². The van der Waals surface area contributed by atoms with E-state index < -0.39 is 8.32 Å². The van der Waals surface area contributed by atoms with Crippen LogP contribution in [0.25, 0.3) is 0 Å². The van der Waals surface area contributed by atoms with Gasteiger partial charge in [0.15, 0.2) is 8.32 Å². The first-order valence-electron chi connectivity index (χ1n) is 13.7. The largest absolute Gasteiger partial charge is 0.497 e. The highest BCUT2D eigenvalue weighted by Gasteiger charge is 2.42. The number of rotatable bonds is 17. The zero-order chi connectivity index (χ0) is 28.2. The quantitative estimate of drug-likeness (QED) is 0.133. The summed E-state index contributed by atoms with van der Waals surface area (Å²) in [5.41, 5.74) is 2.19. The molecule has 2 aromatic rings. The second-order valence-corrected chi connectivity index (χ2v) is 16.5. The lowest BCUT2D eigenvalue weighted by atomic mass is 9.87.